The van der Waals surface area contributed by atoms with E-state index in [1.807, 2.05) is 0 Å². The van der Waals surface area contributed by atoms with E-state index in [4.69, 9.17) is 11.6 Å². The van der Waals surface area contributed by atoms with Gasteiger partial charge in [0.05, 0.1) is 12.7 Å². The van der Waals surface area contributed by atoms with Crippen molar-refractivity contribution < 1.29 is 8.42 Å². The summed E-state index contributed by atoms with van der Waals surface area (Å²) < 4.78 is 27.9. The lowest BCUT2D eigenvalue weighted by Crippen LogP contribution is -2.32. The molecule has 2 rings (SSSR count). The SMILES string of the molecule is CN1CCC(CN(C)S(=O)(=O)c2cnn(CCCl)c2)C1. The highest BCUT2D eigenvalue weighted by Gasteiger charge is 2.28. The van der Waals surface area contributed by atoms with Gasteiger partial charge in [-0.3, -0.25) is 4.68 Å². The van der Waals surface area contributed by atoms with Crippen molar-refractivity contribution in [2.45, 2.75) is 17.9 Å². The Morgan fingerprint density at radius 1 is 1.55 bits per heavy atom. The van der Waals surface area contributed by atoms with Gasteiger partial charge in [0, 0.05) is 32.2 Å². The first-order chi connectivity index (χ1) is 9.43. The second kappa shape index (κ2) is 6.43. The second-order valence-corrected chi connectivity index (χ2v) is 7.75. The van der Waals surface area contributed by atoms with Gasteiger partial charge in [-0.25, -0.2) is 12.7 Å². The Morgan fingerprint density at radius 3 is 2.90 bits per heavy atom. The van der Waals surface area contributed by atoms with Gasteiger partial charge in [-0.15, -0.1) is 11.6 Å². The highest BCUT2D eigenvalue weighted by molar-refractivity contribution is 7.89. The number of alkyl halides is 1. The van der Waals surface area contributed by atoms with Crippen LogP contribution in [0.5, 0.6) is 0 Å². The molecular formula is C12H21ClN4O2S. The number of likely N-dealkylation sites (tertiary alicyclic amines) is 1. The van der Waals surface area contributed by atoms with E-state index in [2.05, 4.69) is 17.0 Å². The molecule has 0 aromatic carbocycles. The molecule has 0 spiro atoms. The predicted octanol–water partition coefficient (Wildman–Crippen LogP) is 0.694. The molecule has 0 aliphatic carbocycles. The molecule has 1 fully saturated rings. The van der Waals surface area contributed by atoms with E-state index in [-0.39, 0.29) is 4.90 Å². The van der Waals surface area contributed by atoms with Gasteiger partial charge in [-0.2, -0.15) is 5.10 Å². The van der Waals surface area contributed by atoms with Crippen molar-refractivity contribution in [3.8, 4) is 0 Å². The summed E-state index contributed by atoms with van der Waals surface area (Å²) in [6, 6.07) is 0. The van der Waals surface area contributed by atoms with Crippen molar-refractivity contribution >= 4 is 21.6 Å². The molecule has 1 unspecified atom stereocenters. The van der Waals surface area contributed by atoms with Crippen LogP contribution in [0.1, 0.15) is 6.42 Å². The van der Waals surface area contributed by atoms with Gasteiger partial charge in [0.25, 0.3) is 0 Å². The van der Waals surface area contributed by atoms with E-state index in [0.29, 0.717) is 24.9 Å². The summed E-state index contributed by atoms with van der Waals surface area (Å²) in [5.74, 6) is 0.809. The topological polar surface area (TPSA) is 58.4 Å². The number of sulfonamides is 1. The highest BCUT2D eigenvalue weighted by atomic mass is 35.5. The molecule has 1 aliphatic rings. The fraction of sp³-hybridized carbons (Fsp3) is 0.750. The van der Waals surface area contributed by atoms with E-state index in [1.165, 1.54) is 16.7 Å². The van der Waals surface area contributed by atoms with Gasteiger partial charge >= 0.3 is 0 Å². The van der Waals surface area contributed by atoms with E-state index in [1.54, 1.807) is 11.7 Å². The van der Waals surface area contributed by atoms with E-state index >= 15 is 0 Å². The van der Waals surface area contributed by atoms with Gasteiger partial charge in [0.2, 0.25) is 10.0 Å². The van der Waals surface area contributed by atoms with Crippen LogP contribution in [0.3, 0.4) is 0 Å². The summed E-state index contributed by atoms with van der Waals surface area (Å²) in [7, 11) is 0.239. The molecule has 1 atom stereocenters. The lowest BCUT2D eigenvalue weighted by molar-refractivity contribution is 0.356. The number of hydrogen-bond acceptors (Lipinski definition) is 4. The predicted molar refractivity (Wildman–Crippen MR) is 78.4 cm³/mol. The van der Waals surface area contributed by atoms with Gasteiger partial charge in [-0.1, -0.05) is 0 Å². The van der Waals surface area contributed by atoms with Gasteiger partial charge in [0.15, 0.2) is 0 Å². The molecule has 0 amide bonds. The third-order valence-corrected chi connectivity index (χ3v) is 5.58. The van der Waals surface area contributed by atoms with Crippen LogP contribution < -0.4 is 0 Å². The molecule has 8 heteroatoms. The van der Waals surface area contributed by atoms with Crippen LogP contribution in [0, 0.1) is 5.92 Å². The summed E-state index contributed by atoms with van der Waals surface area (Å²) in [6.07, 6.45) is 3.97. The van der Waals surface area contributed by atoms with Crippen molar-refractivity contribution in [3.63, 3.8) is 0 Å². The zero-order valence-corrected chi connectivity index (χ0v) is 13.4. The summed E-state index contributed by atoms with van der Waals surface area (Å²) in [6.45, 7) is 3.04. The first-order valence-electron chi connectivity index (χ1n) is 6.67. The van der Waals surface area contributed by atoms with Crippen LogP contribution in [0.4, 0.5) is 0 Å². The van der Waals surface area contributed by atoms with Crippen molar-refractivity contribution in [1.29, 1.82) is 0 Å². The van der Waals surface area contributed by atoms with Crippen LogP contribution in [-0.2, 0) is 16.6 Å². The molecule has 1 aromatic heterocycles. The molecule has 0 saturated carbocycles. The van der Waals surface area contributed by atoms with Crippen molar-refractivity contribution in [1.82, 2.24) is 19.0 Å². The smallest absolute Gasteiger partial charge is 0.245 e. The lowest BCUT2D eigenvalue weighted by Gasteiger charge is -2.20. The fourth-order valence-electron chi connectivity index (χ4n) is 2.50. The minimum absolute atomic E-state index is 0.233. The van der Waals surface area contributed by atoms with Gasteiger partial charge in [0.1, 0.15) is 4.90 Å². The zero-order valence-electron chi connectivity index (χ0n) is 11.9. The molecule has 20 heavy (non-hydrogen) atoms. The monoisotopic (exact) mass is 320 g/mol. The average molecular weight is 321 g/mol. The Hall–Kier alpha value is -0.630. The Labute approximate surface area is 125 Å². The fourth-order valence-corrected chi connectivity index (χ4v) is 3.88. The molecule has 1 aromatic rings. The summed E-state index contributed by atoms with van der Waals surface area (Å²) in [5.41, 5.74) is 0. The molecule has 0 bridgehead atoms. The summed E-state index contributed by atoms with van der Waals surface area (Å²) in [4.78, 5) is 2.46. The maximum Gasteiger partial charge on any atom is 0.245 e. The van der Waals surface area contributed by atoms with Crippen LogP contribution in [0.25, 0.3) is 0 Å². The van der Waals surface area contributed by atoms with Gasteiger partial charge in [-0.05, 0) is 25.9 Å². The third kappa shape index (κ3) is 3.52. The number of aryl methyl sites for hydroxylation is 1. The van der Waals surface area contributed by atoms with E-state index in [9.17, 15) is 8.42 Å². The lowest BCUT2D eigenvalue weighted by atomic mass is 10.1. The first kappa shape index (κ1) is 15.8. The van der Waals surface area contributed by atoms with Crippen LogP contribution in [-0.4, -0.2) is 67.0 Å². The number of nitrogens with zero attached hydrogens (tertiary/aromatic N) is 4. The zero-order chi connectivity index (χ0) is 14.8. The molecule has 114 valence electrons. The van der Waals surface area contributed by atoms with Crippen LogP contribution >= 0.6 is 11.6 Å². The molecule has 0 radical (unpaired) electrons. The maximum atomic E-state index is 12.4. The standard InChI is InChI=1S/C12H21ClN4O2S/c1-15-5-3-11(8-15)9-16(2)20(18,19)12-7-14-17(10-12)6-4-13/h7,10-11H,3-6,8-9H2,1-2H3. The average Bonchev–Trinajstić information content (AvgIpc) is 2.99. The van der Waals surface area contributed by atoms with E-state index in [0.717, 1.165) is 19.5 Å². The Morgan fingerprint density at radius 2 is 2.30 bits per heavy atom. The summed E-state index contributed by atoms with van der Waals surface area (Å²) >= 11 is 5.62. The Balaban J connectivity index is 2.04. The molecule has 2 heterocycles. The van der Waals surface area contributed by atoms with Crippen LogP contribution in [0.2, 0.25) is 0 Å². The number of hydrogen-bond donors (Lipinski definition) is 0. The second-order valence-electron chi connectivity index (χ2n) is 5.33. The van der Waals surface area contributed by atoms with E-state index < -0.39 is 10.0 Å². The third-order valence-electron chi connectivity index (χ3n) is 3.64. The van der Waals surface area contributed by atoms with Crippen LogP contribution in [0.15, 0.2) is 17.3 Å². The van der Waals surface area contributed by atoms with Crippen molar-refractivity contribution in [3.05, 3.63) is 12.4 Å². The number of aromatic nitrogens is 2. The normalized spacial score (nSPS) is 20.9. The van der Waals surface area contributed by atoms with Crippen molar-refractivity contribution in [2.24, 2.45) is 5.92 Å². The maximum absolute atomic E-state index is 12.4. The Kier molecular flexibility index (Phi) is 5.06. The summed E-state index contributed by atoms with van der Waals surface area (Å²) in [5, 5.41) is 4.02. The molecular weight excluding hydrogens is 300 g/mol. The minimum Gasteiger partial charge on any atom is -0.306 e. The number of rotatable bonds is 6. The molecule has 0 N–H and O–H groups in total. The minimum atomic E-state index is -3.45. The molecule has 1 aliphatic heterocycles. The molecule has 1 saturated heterocycles. The Bertz CT molecular complexity index is 545. The highest BCUT2D eigenvalue weighted by Crippen LogP contribution is 2.19. The number of halogens is 1. The molecule has 6 nitrogen and oxygen atoms in total. The quantitative estimate of drug-likeness (QED) is 0.724. The van der Waals surface area contributed by atoms with Gasteiger partial charge < -0.3 is 4.90 Å². The first-order valence-corrected chi connectivity index (χ1v) is 8.64. The largest absolute Gasteiger partial charge is 0.306 e. The van der Waals surface area contributed by atoms with Crippen molar-refractivity contribution in [2.75, 3.05) is 39.6 Å².